The maximum atomic E-state index is 10.8. The first-order valence-electron chi connectivity index (χ1n) is 12.5. The minimum Gasteiger partial charge on any atom is -0.481 e. The van der Waals surface area contributed by atoms with Crippen molar-refractivity contribution < 1.29 is 30.0 Å². The number of carbonyl (C=O) groups is 1. The van der Waals surface area contributed by atoms with Crippen LogP contribution in [0.3, 0.4) is 0 Å². The second-order valence-corrected chi connectivity index (χ2v) is 9.91. The van der Waals surface area contributed by atoms with Crippen LogP contribution in [0.25, 0.3) is 0 Å². The van der Waals surface area contributed by atoms with E-state index in [-0.39, 0.29) is 30.8 Å². The van der Waals surface area contributed by atoms with Crippen LogP contribution in [0.1, 0.15) is 78.6 Å². The predicted molar refractivity (Wildman–Crippen MR) is 125 cm³/mol. The van der Waals surface area contributed by atoms with Crippen molar-refractivity contribution in [3.05, 3.63) is 23.8 Å². The molecule has 2 aliphatic carbocycles. The SMILES string of the molecule is CCCC(CCC)CO[C@H]1C[C@H](O)C=C2C=C[C@@H](C)[C@H](CC[C@@H](O)C[C@@H](O)CC(=O)O)[C@H]21. The Kier molecular flexibility index (Phi) is 11.4. The Bertz CT molecular complexity index is 624. The highest BCUT2D eigenvalue weighted by Crippen LogP contribution is 2.44. The molecular weight excluding hydrogens is 408 g/mol. The first-order chi connectivity index (χ1) is 15.2. The molecule has 0 saturated carbocycles. The molecule has 2 rings (SSSR count). The summed E-state index contributed by atoms with van der Waals surface area (Å²) < 4.78 is 6.48. The van der Waals surface area contributed by atoms with Crippen LogP contribution in [0.5, 0.6) is 0 Å². The fourth-order valence-electron chi connectivity index (χ4n) is 5.53. The molecule has 0 aromatic rings. The Balaban J connectivity index is 2.05. The van der Waals surface area contributed by atoms with Gasteiger partial charge in [-0.3, -0.25) is 4.79 Å². The number of allylic oxidation sites excluding steroid dienone is 2. The average molecular weight is 453 g/mol. The summed E-state index contributed by atoms with van der Waals surface area (Å²) in [6, 6.07) is 0. The lowest BCUT2D eigenvalue weighted by molar-refractivity contribution is -0.139. The predicted octanol–water partition coefficient (Wildman–Crippen LogP) is 4.08. The number of ether oxygens (including phenoxy) is 1. The highest BCUT2D eigenvalue weighted by atomic mass is 16.5. The van der Waals surface area contributed by atoms with E-state index in [1.807, 2.05) is 6.08 Å². The average Bonchev–Trinajstić information content (AvgIpc) is 2.70. The molecule has 2 aliphatic rings. The molecule has 0 radical (unpaired) electrons. The van der Waals surface area contributed by atoms with E-state index in [1.54, 1.807) is 0 Å². The van der Waals surface area contributed by atoms with Crippen molar-refractivity contribution in [2.45, 2.75) is 103 Å². The topological polar surface area (TPSA) is 107 Å². The third-order valence-corrected chi connectivity index (χ3v) is 7.10. The number of carboxylic acids is 1. The zero-order valence-electron chi connectivity index (χ0n) is 20.0. The number of aliphatic hydroxyl groups excluding tert-OH is 3. The molecule has 4 N–H and O–H groups in total. The smallest absolute Gasteiger partial charge is 0.305 e. The Hall–Kier alpha value is -1.21. The van der Waals surface area contributed by atoms with Crippen LogP contribution in [0, 0.1) is 23.7 Å². The molecule has 0 heterocycles. The summed E-state index contributed by atoms with van der Waals surface area (Å²) in [6.45, 7) is 7.31. The third kappa shape index (κ3) is 8.29. The fraction of sp³-hybridized carbons (Fsp3) is 0.808. The van der Waals surface area contributed by atoms with Gasteiger partial charge in [-0.15, -0.1) is 0 Å². The molecule has 0 spiro atoms. The van der Waals surface area contributed by atoms with E-state index in [2.05, 4.69) is 32.9 Å². The van der Waals surface area contributed by atoms with E-state index in [0.29, 0.717) is 24.7 Å². The van der Waals surface area contributed by atoms with Crippen molar-refractivity contribution in [1.29, 1.82) is 0 Å². The molecular formula is C26H44O6. The molecule has 184 valence electrons. The van der Waals surface area contributed by atoms with Crippen molar-refractivity contribution in [1.82, 2.24) is 0 Å². The molecule has 0 amide bonds. The lowest BCUT2D eigenvalue weighted by Gasteiger charge is -2.43. The quantitative estimate of drug-likeness (QED) is 0.316. The number of aliphatic hydroxyl groups is 3. The van der Waals surface area contributed by atoms with E-state index >= 15 is 0 Å². The maximum Gasteiger partial charge on any atom is 0.305 e. The van der Waals surface area contributed by atoms with E-state index in [0.717, 1.165) is 44.3 Å². The summed E-state index contributed by atoms with van der Waals surface area (Å²) in [6.07, 6.45) is 10.1. The largest absolute Gasteiger partial charge is 0.481 e. The van der Waals surface area contributed by atoms with E-state index in [1.165, 1.54) is 0 Å². The van der Waals surface area contributed by atoms with Gasteiger partial charge in [0.1, 0.15) is 0 Å². The Morgan fingerprint density at radius 2 is 1.84 bits per heavy atom. The normalized spacial score (nSPS) is 29.5. The molecule has 0 saturated heterocycles. The van der Waals surface area contributed by atoms with Gasteiger partial charge < -0.3 is 25.2 Å². The second-order valence-electron chi connectivity index (χ2n) is 9.91. The summed E-state index contributed by atoms with van der Waals surface area (Å²) in [5.41, 5.74) is 1.12. The lowest BCUT2D eigenvalue weighted by atomic mass is 9.66. The van der Waals surface area contributed by atoms with Crippen molar-refractivity contribution in [2.75, 3.05) is 6.61 Å². The van der Waals surface area contributed by atoms with Gasteiger partial charge in [0.15, 0.2) is 0 Å². The molecule has 0 aliphatic heterocycles. The van der Waals surface area contributed by atoms with Gasteiger partial charge in [-0.2, -0.15) is 0 Å². The number of fused-ring (bicyclic) bond motifs is 1. The molecule has 0 bridgehead atoms. The van der Waals surface area contributed by atoms with Gasteiger partial charge in [-0.05, 0) is 55.4 Å². The van der Waals surface area contributed by atoms with E-state index < -0.39 is 24.3 Å². The lowest BCUT2D eigenvalue weighted by Crippen LogP contribution is -2.42. The van der Waals surface area contributed by atoms with Gasteiger partial charge in [0.25, 0.3) is 0 Å². The summed E-state index contributed by atoms with van der Waals surface area (Å²) in [4.78, 5) is 10.8. The molecule has 0 aromatic heterocycles. The number of rotatable bonds is 14. The van der Waals surface area contributed by atoms with Crippen molar-refractivity contribution in [3.8, 4) is 0 Å². The summed E-state index contributed by atoms with van der Waals surface area (Å²) in [7, 11) is 0. The number of hydrogen-bond donors (Lipinski definition) is 4. The summed E-state index contributed by atoms with van der Waals surface area (Å²) in [5, 5.41) is 39.5. The van der Waals surface area contributed by atoms with Crippen LogP contribution >= 0.6 is 0 Å². The van der Waals surface area contributed by atoms with E-state index in [4.69, 9.17) is 9.84 Å². The van der Waals surface area contributed by atoms with Gasteiger partial charge in [0.05, 0.1) is 30.8 Å². The first kappa shape index (κ1) is 27.0. The monoisotopic (exact) mass is 452 g/mol. The minimum absolute atomic E-state index is 0.0478. The Labute approximate surface area is 193 Å². The van der Waals surface area contributed by atoms with Crippen molar-refractivity contribution in [2.24, 2.45) is 23.7 Å². The van der Waals surface area contributed by atoms with Gasteiger partial charge in [-0.25, -0.2) is 0 Å². The van der Waals surface area contributed by atoms with Crippen LogP contribution < -0.4 is 0 Å². The van der Waals surface area contributed by atoms with Crippen LogP contribution in [-0.4, -0.2) is 57.4 Å². The second kappa shape index (κ2) is 13.5. The van der Waals surface area contributed by atoms with Crippen LogP contribution in [0.15, 0.2) is 23.8 Å². The molecule has 0 aromatic carbocycles. The first-order valence-corrected chi connectivity index (χ1v) is 12.5. The fourth-order valence-corrected chi connectivity index (χ4v) is 5.53. The van der Waals surface area contributed by atoms with Crippen LogP contribution in [-0.2, 0) is 9.53 Å². The van der Waals surface area contributed by atoms with Crippen molar-refractivity contribution in [3.63, 3.8) is 0 Å². The molecule has 0 fully saturated rings. The zero-order valence-corrected chi connectivity index (χ0v) is 20.0. The summed E-state index contributed by atoms with van der Waals surface area (Å²) >= 11 is 0. The molecule has 32 heavy (non-hydrogen) atoms. The highest BCUT2D eigenvalue weighted by molar-refractivity contribution is 5.67. The molecule has 6 nitrogen and oxygen atoms in total. The number of hydrogen-bond acceptors (Lipinski definition) is 5. The maximum absolute atomic E-state index is 10.8. The molecule has 7 atom stereocenters. The van der Waals surface area contributed by atoms with Crippen LogP contribution in [0.4, 0.5) is 0 Å². The van der Waals surface area contributed by atoms with Crippen molar-refractivity contribution >= 4 is 5.97 Å². The highest BCUT2D eigenvalue weighted by Gasteiger charge is 2.40. The zero-order chi connectivity index (χ0) is 23.7. The van der Waals surface area contributed by atoms with Gasteiger partial charge in [-0.1, -0.05) is 51.8 Å². The van der Waals surface area contributed by atoms with Gasteiger partial charge in [0.2, 0.25) is 0 Å². The minimum atomic E-state index is -1.06. The third-order valence-electron chi connectivity index (χ3n) is 7.10. The Morgan fingerprint density at radius 3 is 2.47 bits per heavy atom. The van der Waals surface area contributed by atoms with Gasteiger partial charge >= 0.3 is 5.97 Å². The van der Waals surface area contributed by atoms with Crippen LogP contribution in [0.2, 0.25) is 0 Å². The molecule has 6 heteroatoms. The standard InChI is InChI=1S/C26H44O6/c1-4-6-18(7-5-2)16-32-24-14-21(28)12-19-9-8-17(3)23(26(19)24)11-10-20(27)13-22(29)15-25(30)31/h8-9,12,17-18,20-24,26-29H,4-7,10-11,13-16H2,1-3H3,(H,30,31)/t17-,20-,21-,22-,23+,24+,26+/m1/s1. The Morgan fingerprint density at radius 1 is 1.16 bits per heavy atom. The number of carboxylic acid groups (broad SMARTS) is 1. The van der Waals surface area contributed by atoms with E-state index in [9.17, 15) is 20.1 Å². The number of aliphatic carboxylic acids is 1. The molecule has 0 unspecified atom stereocenters. The van der Waals surface area contributed by atoms with Gasteiger partial charge in [0, 0.05) is 18.9 Å². The summed E-state index contributed by atoms with van der Waals surface area (Å²) in [5.74, 6) is 0.251.